The number of ether oxygens (including phenoxy) is 1. The Balaban J connectivity index is 2.17. The minimum Gasteiger partial charge on any atom is -0.495 e. The molecule has 0 fully saturated rings. The zero-order chi connectivity index (χ0) is 15.4. The van der Waals surface area contributed by atoms with Crippen molar-refractivity contribution in [1.82, 2.24) is 4.98 Å². The first-order chi connectivity index (χ1) is 10.0. The SMILES string of the molecule is CCNc1nc(N)c(C(=O)Nc2ccc(Br)c(OC)c2)s1. The Hall–Kier alpha value is -1.80. The van der Waals surface area contributed by atoms with E-state index < -0.39 is 0 Å². The van der Waals surface area contributed by atoms with Crippen molar-refractivity contribution in [2.75, 3.05) is 30.0 Å². The lowest BCUT2D eigenvalue weighted by Gasteiger charge is -2.07. The second-order valence-electron chi connectivity index (χ2n) is 4.07. The molecule has 0 radical (unpaired) electrons. The van der Waals surface area contributed by atoms with Crippen LogP contribution in [0.4, 0.5) is 16.6 Å². The lowest BCUT2D eigenvalue weighted by Crippen LogP contribution is -2.12. The second-order valence-corrected chi connectivity index (χ2v) is 5.92. The summed E-state index contributed by atoms with van der Waals surface area (Å²) in [4.78, 5) is 16.7. The van der Waals surface area contributed by atoms with E-state index in [2.05, 4.69) is 31.5 Å². The third-order valence-electron chi connectivity index (χ3n) is 2.60. The summed E-state index contributed by atoms with van der Waals surface area (Å²) in [5, 5.41) is 6.45. The average Bonchev–Trinajstić information content (AvgIpc) is 2.82. The Morgan fingerprint density at radius 3 is 2.95 bits per heavy atom. The van der Waals surface area contributed by atoms with Crippen LogP contribution in [0.15, 0.2) is 22.7 Å². The number of aromatic nitrogens is 1. The highest BCUT2D eigenvalue weighted by Crippen LogP contribution is 2.29. The van der Waals surface area contributed by atoms with Gasteiger partial charge >= 0.3 is 0 Å². The van der Waals surface area contributed by atoms with Gasteiger partial charge in [-0.05, 0) is 35.0 Å². The molecule has 6 nitrogen and oxygen atoms in total. The minimum absolute atomic E-state index is 0.220. The van der Waals surface area contributed by atoms with Gasteiger partial charge in [-0.3, -0.25) is 4.79 Å². The number of carbonyl (C=O) groups excluding carboxylic acids is 1. The number of benzene rings is 1. The molecule has 21 heavy (non-hydrogen) atoms. The molecule has 112 valence electrons. The lowest BCUT2D eigenvalue weighted by molar-refractivity contribution is 0.103. The predicted octanol–water partition coefficient (Wildman–Crippen LogP) is 3.18. The fourth-order valence-corrected chi connectivity index (χ4v) is 2.90. The largest absolute Gasteiger partial charge is 0.495 e. The van der Waals surface area contributed by atoms with Crippen LogP contribution in [0.5, 0.6) is 5.75 Å². The van der Waals surface area contributed by atoms with Crippen LogP contribution < -0.4 is 21.1 Å². The number of nitrogens with one attached hydrogen (secondary N) is 2. The maximum Gasteiger partial charge on any atom is 0.269 e. The molecule has 2 rings (SSSR count). The molecule has 0 aliphatic heterocycles. The number of methoxy groups -OCH3 is 1. The third kappa shape index (κ3) is 3.64. The maximum atomic E-state index is 12.2. The fraction of sp³-hybridized carbons (Fsp3) is 0.231. The van der Waals surface area contributed by atoms with E-state index in [9.17, 15) is 4.79 Å². The van der Waals surface area contributed by atoms with Gasteiger partial charge in [0, 0.05) is 18.3 Å². The third-order valence-corrected chi connectivity index (χ3v) is 4.28. The number of halogens is 1. The summed E-state index contributed by atoms with van der Waals surface area (Å²) in [6.07, 6.45) is 0. The Kier molecular flexibility index (Phi) is 5.03. The zero-order valence-electron chi connectivity index (χ0n) is 11.6. The van der Waals surface area contributed by atoms with Crippen LogP contribution in [0.25, 0.3) is 0 Å². The molecule has 0 spiro atoms. The van der Waals surface area contributed by atoms with Crippen molar-refractivity contribution in [3.05, 3.63) is 27.5 Å². The zero-order valence-corrected chi connectivity index (χ0v) is 14.0. The van der Waals surface area contributed by atoms with Gasteiger partial charge in [0.05, 0.1) is 11.6 Å². The molecule has 8 heteroatoms. The van der Waals surface area contributed by atoms with Crippen LogP contribution in [0.3, 0.4) is 0 Å². The summed E-state index contributed by atoms with van der Waals surface area (Å²) in [6.45, 7) is 2.67. The monoisotopic (exact) mass is 370 g/mol. The van der Waals surface area contributed by atoms with Crippen LogP contribution in [-0.2, 0) is 0 Å². The highest BCUT2D eigenvalue weighted by molar-refractivity contribution is 9.10. The molecule has 0 saturated heterocycles. The summed E-state index contributed by atoms with van der Waals surface area (Å²) >= 11 is 4.58. The molecule has 0 aliphatic rings. The topological polar surface area (TPSA) is 89.3 Å². The van der Waals surface area contributed by atoms with Crippen molar-refractivity contribution in [2.45, 2.75) is 6.92 Å². The predicted molar refractivity (Wildman–Crippen MR) is 89.3 cm³/mol. The number of amides is 1. The molecule has 2 aromatic rings. The van der Waals surface area contributed by atoms with Crippen molar-refractivity contribution >= 4 is 49.8 Å². The molecule has 0 atom stereocenters. The van der Waals surface area contributed by atoms with Gasteiger partial charge in [-0.2, -0.15) is 0 Å². The molecule has 1 heterocycles. The number of carbonyl (C=O) groups is 1. The van der Waals surface area contributed by atoms with Crippen LogP contribution >= 0.6 is 27.3 Å². The molecule has 4 N–H and O–H groups in total. The molecule has 0 unspecified atom stereocenters. The van der Waals surface area contributed by atoms with Crippen molar-refractivity contribution < 1.29 is 9.53 Å². The van der Waals surface area contributed by atoms with E-state index in [-0.39, 0.29) is 11.7 Å². The quantitative estimate of drug-likeness (QED) is 0.751. The number of nitrogens with zero attached hydrogens (tertiary/aromatic N) is 1. The van der Waals surface area contributed by atoms with Crippen molar-refractivity contribution in [2.24, 2.45) is 0 Å². The van der Waals surface area contributed by atoms with Crippen molar-refractivity contribution in [3.8, 4) is 5.75 Å². The van der Waals surface area contributed by atoms with Gasteiger partial charge in [-0.1, -0.05) is 11.3 Å². The molecule has 0 saturated carbocycles. The van der Waals surface area contributed by atoms with Gasteiger partial charge in [0.2, 0.25) is 0 Å². The molecule has 0 aliphatic carbocycles. The van der Waals surface area contributed by atoms with Crippen molar-refractivity contribution in [3.63, 3.8) is 0 Å². The van der Waals surface area contributed by atoms with E-state index in [4.69, 9.17) is 10.5 Å². The molecular weight excluding hydrogens is 356 g/mol. The van der Waals surface area contributed by atoms with Crippen LogP contribution in [0.1, 0.15) is 16.6 Å². The van der Waals surface area contributed by atoms with Gasteiger partial charge in [0.1, 0.15) is 16.4 Å². The average molecular weight is 371 g/mol. The molecule has 1 aromatic carbocycles. The second kappa shape index (κ2) is 6.77. The van der Waals surface area contributed by atoms with E-state index in [1.165, 1.54) is 11.3 Å². The van der Waals surface area contributed by atoms with Gasteiger partial charge in [-0.15, -0.1) is 0 Å². The highest BCUT2D eigenvalue weighted by Gasteiger charge is 2.16. The number of thiazole rings is 1. The van der Waals surface area contributed by atoms with E-state index in [1.54, 1.807) is 25.3 Å². The summed E-state index contributed by atoms with van der Waals surface area (Å²) in [6, 6.07) is 5.30. The molecular formula is C13H15BrN4O2S. The number of nitrogen functional groups attached to an aromatic ring is 1. The standard InChI is InChI=1S/C13H15BrN4O2S/c1-3-16-13-18-11(15)10(21-13)12(19)17-7-4-5-8(14)9(6-7)20-2/h4-6H,3,15H2,1-2H3,(H,16,18)(H,17,19). The summed E-state index contributed by atoms with van der Waals surface area (Å²) in [5.74, 6) is 0.564. The molecule has 1 amide bonds. The highest BCUT2D eigenvalue weighted by atomic mass is 79.9. The number of hydrogen-bond acceptors (Lipinski definition) is 6. The van der Waals surface area contributed by atoms with Gasteiger partial charge in [0.15, 0.2) is 5.13 Å². The molecule has 1 aromatic heterocycles. The minimum atomic E-state index is -0.293. The van der Waals surface area contributed by atoms with E-state index in [0.29, 0.717) is 21.4 Å². The Labute approximate surface area is 134 Å². The van der Waals surface area contributed by atoms with Gasteiger partial charge in [-0.25, -0.2) is 4.98 Å². The summed E-state index contributed by atoms with van der Waals surface area (Å²) in [7, 11) is 1.57. The number of nitrogens with two attached hydrogens (primary N) is 1. The first-order valence-corrected chi connectivity index (χ1v) is 7.81. The van der Waals surface area contributed by atoms with E-state index in [0.717, 1.165) is 11.0 Å². The van der Waals surface area contributed by atoms with Crippen LogP contribution in [-0.4, -0.2) is 24.5 Å². The Bertz CT molecular complexity index is 660. The van der Waals surface area contributed by atoms with Crippen LogP contribution in [0.2, 0.25) is 0 Å². The van der Waals surface area contributed by atoms with Gasteiger partial charge < -0.3 is 21.1 Å². The normalized spacial score (nSPS) is 10.2. The van der Waals surface area contributed by atoms with Gasteiger partial charge in [0.25, 0.3) is 5.91 Å². The molecule has 0 bridgehead atoms. The Morgan fingerprint density at radius 2 is 2.29 bits per heavy atom. The first kappa shape index (κ1) is 15.6. The summed E-state index contributed by atoms with van der Waals surface area (Å²) in [5.41, 5.74) is 6.40. The van der Waals surface area contributed by atoms with E-state index >= 15 is 0 Å². The summed E-state index contributed by atoms with van der Waals surface area (Å²) < 4.78 is 6.00. The number of rotatable bonds is 5. The number of hydrogen-bond donors (Lipinski definition) is 3. The Morgan fingerprint density at radius 1 is 1.52 bits per heavy atom. The maximum absolute atomic E-state index is 12.2. The lowest BCUT2D eigenvalue weighted by atomic mass is 10.3. The number of anilines is 3. The van der Waals surface area contributed by atoms with Crippen molar-refractivity contribution in [1.29, 1.82) is 0 Å². The smallest absolute Gasteiger partial charge is 0.269 e. The first-order valence-electron chi connectivity index (χ1n) is 6.20. The van der Waals surface area contributed by atoms with E-state index in [1.807, 2.05) is 6.92 Å². The fourth-order valence-electron chi connectivity index (χ4n) is 1.65. The van der Waals surface area contributed by atoms with Crippen LogP contribution in [0, 0.1) is 0 Å².